The zero-order chi connectivity index (χ0) is 13.1. The number of rotatable bonds is 3. The van der Waals surface area contributed by atoms with Crippen LogP contribution in [0.1, 0.15) is 19.3 Å². The summed E-state index contributed by atoms with van der Waals surface area (Å²) in [7, 11) is 0. The van der Waals surface area contributed by atoms with Crippen LogP contribution in [-0.4, -0.2) is 18.2 Å². The van der Waals surface area contributed by atoms with E-state index in [1.54, 1.807) is 17.8 Å². The second-order valence-corrected chi connectivity index (χ2v) is 5.86. The van der Waals surface area contributed by atoms with Gasteiger partial charge in [-0.25, -0.2) is 0 Å². The van der Waals surface area contributed by atoms with E-state index >= 15 is 0 Å². The molecule has 0 radical (unpaired) electrons. The molecule has 0 aromatic heterocycles. The average Bonchev–Trinajstić information content (AvgIpc) is 2.76. The van der Waals surface area contributed by atoms with Gasteiger partial charge in [0.05, 0.1) is 5.02 Å². The molecule has 2 atom stereocenters. The second kappa shape index (κ2) is 7.39. The van der Waals surface area contributed by atoms with Gasteiger partial charge in [-0.05, 0) is 43.7 Å². The molecule has 106 valence electrons. The van der Waals surface area contributed by atoms with Crippen molar-refractivity contribution in [1.82, 2.24) is 0 Å². The second-order valence-electron chi connectivity index (χ2n) is 4.61. The van der Waals surface area contributed by atoms with Gasteiger partial charge in [-0.1, -0.05) is 11.6 Å². The molecule has 2 rings (SSSR count). The number of amides is 1. The Morgan fingerprint density at radius 2 is 2.21 bits per heavy atom. The molecule has 0 saturated heterocycles. The number of nitrogens with one attached hydrogen (secondary N) is 1. The average molecular weight is 321 g/mol. The van der Waals surface area contributed by atoms with Gasteiger partial charge in [-0.15, -0.1) is 24.2 Å². The van der Waals surface area contributed by atoms with Crippen LogP contribution in [0.3, 0.4) is 0 Å². The maximum atomic E-state index is 12.0. The van der Waals surface area contributed by atoms with Gasteiger partial charge in [0.1, 0.15) is 0 Å². The Balaban J connectivity index is 0.00000180. The lowest BCUT2D eigenvalue weighted by atomic mass is 10.1. The molecule has 0 heterocycles. The van der Waals surface area contributed by atoms with E-state index in [1.165, 1.54) is 0 Å². The molecule has 1 saturated carbocycles. The van der Waals surface area contributed by atoms with Crippen LogP contribution in [0.4, 0.5) is 5.69 Å². The summed E-state index contributed by atoms with van der Waals surface area (Å²) in [5.41, 5.74) is 6.57. The predicted molar refractivity (Wildman–Crippen MR) is 84.4 cm³/mol. The van der Waals surface area contributed by atoms with Crippen molar-refractivity contribution in [2.24, 2.45) is 11.7 Å². The smallest absolute Gasteiger partial charge is 0.227 e. The first-order chi connectivity index (χ1) is 8.60. The van der Waals surface area contributed by atoms with Crippen molar-refractivity contribution >= 4 is 47.4 Å². The summed E-state index contributed by atoms with van der Waals surface area (Å²) in [5.74, 6) is 0.0925. The third-order valence-corrected chi connectivity index (χ3v) is 4.48. The molecule has 2 unspecified atom stereocenters. The van der Waals surface area contributed by atoms with Crippen molar-refractivity contribution in [2.45, 2.75) is 30.2 Å². The van der Waals surface area contributed by atoms with Crippen LogP contribution < -0.4 is 11.1 Å². The van der Waals surface area contributed by atoms with Gasteiger partial charge in [0.2, 0.25) is 5.91 Å². The number of halogens is 2. The minimum absolute atomic E-state index is 0. The quantitative estimate of drug-likeness (QED) is 0.837. The molecule has 1 aliphatic rings. The largest absolute Gasteiger partial charge is 0.328 e. The van der Waals surface area contributed by atoms with Crippen molar-refractivity contribution < 1.29 is 4.79 Å². The maximum absolute atomic E-state index is 12.0. The Morgan fingerprint density at radius 3 is 2.74 bits per heavy atom. The number of benzene rings is 1. The molecular weight excluding hydrogens is 303 g/mol. The summed E-state index contributed by atoms with van der Waals surface area (Å²) in [6.45, 7) is 0. The fourth-order valence-electron chi connectivity index (χ4n) is 2.24. The third-order valence-electron chi connectivity index (χ3n) is 3.26. The minimum Gasteiger partial charge on any atom is -0.328 e. The summed E-state index contributed by atoms with van der Waals surface area (Å²) >= 11 is 7.69. The zero-order valence-corrected chi connectivity index (χ0v) is 13.1. The van der Waals surface area contributed by atoms with Gasteiger partial charge in [-0.3, -0.25) is 4.79 Å². The molecule has 0 bridgehead atoms. The minimum atomic E-state index is 0. The lowest BCUT2D eigenvalue weighted by molar-refractivity contribution is -0.119. The molecule has 1 fully saturated rings. The molecule has 6 heteroatoms. The highest BCUT2D eigenvalue weighted by Gasteiger charge is 2.27. The Morgan fingerprint density at radius 1 is 1.47 bits per heavy atom. The standard InChI is InChI=1S/C13H17ClN2OS.ClH/c1-18-12-5-4-10(7-11(12)14)16-13(17)8-2-3-9(15)6-8;/h4-5,7-9H,2-3,6,15H2,1H3,(H,16,17);1H. The molecule has 1 aromatic carbocycles. The summed E-state index contributed by atoms with van der Waals surface area (Å²) < 4.78 is 0. The van der Waals surface area contributed by atoms with Crippen LogP contribution in [-0.2, 0) is 4.79 Å². The van der Waals surface area contributed by atoms with Gasteiger partial charge < -0.3 is 11.1 Å². The van der Waals surface area contributed by atoms with Gasteiger partial charge in [0, 0.05) is 22.5 Å². The van der Waals surface area contributed by atoms with E-state index in [2.05, 4.69) is 5.32 Å². The third kappa shape index (κ3) is 4.28. The first-order valence-corrected chi connectivity index (χ1v) is 7.60. The highest BCUT2D eigenvalue weighted by Crippen LogP contribution is 2.29. The Bertz CT molecular complexity index is 456. The Hall–Kier alpha value is -0.420. The van der Waals surface area contributed by atoms with Gasteiger partial charge >= 0.3 is 0 Å². The first kappa shape index (κ1) is 16.6. The maximum Gasteiger partial charge on any atom is 0.227 e. The molecule has 3 N–H and O–H groups in total. The van der Waals surface area contributed by atoms with Crippen molar-refractivity contribution in [3.8, 4) is 0 Å². The van der Waals surface area contributed by atoms with Crippen molar-refractivity contribution in [3.05, 3.63) is 23.2 Å². The number of hydrogen-bond acceptors (Lipinski definition) is 3. The highest BCUT2D eigenvalue weighted by atomic mass is 35.5. The molecule has 1 aromatic rings. The molecule has 0 aliphatic heterocycles. The SMILES string of the molecule is CSc1ccc(NC(=O)C2CCC(N)C2)cc1Cl.Cl. The molecule has 3 nitrogen and oxygen atoms in total. The monoisotopic (exact) mass is 320 g/mol. The van der Waals surface area contributed by atoms with E-state index in [0.29, 0.717) is 5.02 Å². The fraction of sp³-hybridized carbons (Fsp3) is 0.462. The van der Waals surface area contributed by atoms with Crippen LogP contribution >= 0.6 is 35.8 Å². The summed E-state index contributed by atoms with van der Waals surface area (Å²) in [6.07, 6.45) is 4.57. The van der Waals surface area contributed by atoms with Crippen molar-refractivity contribution in [2.75, 3.05) is 11.6 Å². The van der Waals surface area contributed by atoms with E-state index in [1.807, 2.05) is 18.4 Å². The van der Waals surface area contributed by atoms with E-state index in [4.69, 9.17) is 17.3 Å². The van der Waals surface area contributed by atoms with E-state index in [0.717, 1.165) is 29.8 Å². The summed E-state index contributed by atoms with van der Waals surface area (Å²) in [5, 5.41) is 3.58. The van der Waals surface area contributed by atoms with Gasteiger partial charge in [0.25, 0.3) is 0 Å². The molecule has 19 heavy (non-hydrogen) atoms. The van der Waals surface area contributed by atoms with Crippen LogP contribution in [0.25, 0.3) is 0 Å². The highest BCUT2D eigenvalue weighted by molar-refractivity contribution is 7.98. The molecule has 0 spiro atoms. The van der Waals surface area contributed by atoms with Gasteiger partial charge in [0.15, 0.2) is 0 Å². The van der Waals surface area contributed by atoms with Crippen LogP contribution in [0, 0.1) is 5.92 Å². The van der Waals surface area contributed by atoms with E-state index in [9.17, 15) is 4.79 Å². The van der Waals surface area contributed by atoms with Crippen LogP contribution in [0.2, 0.25) is 5.02 Å². The Labute approximate surface area is 129 Å². The number of nitrogens with two attached hydrogens (primary N) is 1. The fourth-order valence-corrected chi connectivity index (χ4v) is 3.11. The number of carbonyl (C=O) groups excluding carboxylic acids is 1. The van der Waals surface area contributed by atoms with E-state index < -0.39 is 0 Å². The predicted octanol–water partition coefficient (Wildman–Crippen LogP) is 3.55. The zero-order valence-electron chi connectivity index (χ0n) is 10.7. The number of hydrogen-bond donors (Lipinski definition) is 2. The number of carbonyl (C=O) groups is 1. The topological polar surface area (TPSA) is 55.1 Å². The van der Waals surface area contributed by atoms with Crippen LogP contribution in [0.15, 0.2) is 23.1 Å². The lowest BCUT2D eigenvalue weighted by Crippen LogP contribution is -2.23. The molecule has 1 aliphatic carbocycles. The normalized spacial score (nSPS) is 21.8. The van der Waals surface area contributed by atoms with Gasteiger partial charge in [-0.2, -0.15) is 0 Å². The summed E-state index contributed by atoms with van der Waals surface area (Å²) in [4.78, 5) is 13.0. The number of thioether (sulfide) groups is 1. The Kier molecular flexibility index (Phi) is 6.47. The number of anilines is 1. The molecular formula is C13H18Cl2N2OS. The van der Waals surface area contributed by atoms with Crippen LogP contribution in [0.5, 0.6) is 0 Å². The summed E-state index contributed by atoms with van der Waals surface area (Å²) in [6, 6.07) is 5.76. The lowest BCUT2D eigenvalue weighted by Gasteiger charge is -2.11. The van der Waals surface area contributed by atoms with E-state index in [-0.39, 0.29) is 30.3 Å². The van der Waals surface area contributed by atoms with Crippen molar-refractivity contribution in [1.29, 1.82) is 0 Å². The molecule has 1 amide bonds. The van der Waals surface area contributed by atoms with Crippen molar-refractivity contribution in [3.63, 3.8) is 0 Å². The first-order valence-electron chi connectivity index (χ1n) is 6.00.